The van der Waals surface area contributed by atoms with Crippen LogP contribution in [0.2, 0.25) is 5.02 Å². The summed E-state index contributed by atoms with van der Waals surface area (Å²) in [6, 6.07) is 8.47. The molecular formula is C15H20ClN3. The van der Waals surface area contributed by atoms with E-state index in [2.05, 4.69) is 36.5 Å². The molecule has 1 unspecified atom stereocenters. The zero-order chi connectivity index (χ0) is 14.0. The molecule has 0 amide bonds. The van der Waals surface area contributed by atoms with Gasteiger partial charge < -0.3 is 5.32 Å². The van der Waals surface area contributed by atoms with E-state index in [0.717, 1.165) is 10.7 Å². The van der Waals surface area contributed by atoms with Crippen LogP contribution in [-0.4, -0.2) is 9.78 Å². The Hall–Kier alpha value is -1.32. The summed E-state index contributed by atoms with van der Waals surface area (Å²) < 4.78 is 1.85. The zero-order valence-electron chi connectivity index (χ0n) is 11.8. The first-order valence-electron chi connectivity index (χ1n) is 6.49. The van der Waals surface area contributed by atoms with E-state index in [1.165, 1.54) is 11.1 Å². The third kappa shape index (κ3) is 3.37. The Balaban J connectivity index is 2.10. The molecule has 1 N–H and O–H groups in total. The lowest BCUT2D eigenvalue weighted by Gasteiger charge is -2.20. The van der Waals surface area contributed by atoms with E-state index >= 15 is 0 Å². The Morgan fingerprint density at radius 1 is 1.26 bits per heavy atom. The third-order valence-corrected chi connectivity index (χ3v) is 3.60. The molecule has 3 nitrogen and oxygen atoms in total. The highest BCUT2D eigenvalue weighted by Gasteiger charge is 2.15. The molecule has 0 bridgehead atoms. The summed E-state index contributed by atoms with van der Waals surface area (Å²) in [4.78, 5) is 0. The molecule has 0 spiro atoms. The van der Waals surface area contributed by atoms with Crippen molar-refractivity contribution in [2.24, 2.45) is 7.05 Å². The predicted molar refractivity (Wildman–Crippen MR) is 79.4 cm³/mol. The minimum atomic E-state index is 0.244. The van der Waals surface area contributed by atoms with Crippen LogP contribution in [0, 0.1) is 6.92 Å². The monoisotopic (exact) mass is 277 g/mol. The first-order valence-corrected chi connectivity index (χ1v) is 6.87. The van der Waals surface area contributed by atoms with Crippen molar-refractivity contribution in [3.8, 4) is 0 Å². The molecule has 0 fully saturated rings. The molecule has 2 atom stereocenters. The van der Waals surface area contributed by atoms with Gasteiger partial charge in [0.1, 0.15) is 0 Å². The van der Waals surface area contributed by atoms with Crippen LogP contribution in [0.5, 0.6) is 0 Å². The first-order chi connectivity index (χ1) is 8.97. The number of rotatable bonds is 4. The number of hydrogen-bond acceptors (Lipinski definition) is 2. The normalized spacial score (nSPS) is 14.4. The van der Waals surface area contributed by atoms with Crippen LogP contribution in [0.15, 0.2) is 30.5 Å². The van der Waals surface area contributed by atoms with Gasteiger partial charge in [0.05, 0.1) is 5.69 Å². The van der Waals surface area contributed by atoms with Crippen molar-refractivity contribution in [3.63, 3.8) is 0 Å². The summed E-state index contributed by atoms with van der Waals surface area (Å²) in [6.45, 7) is 6.34. The van der Waals surface area contributed by atoms with Crippen LogP contribution in [0.1, 0.15) is 42.8 Å². The molecular weight excluding hydrogens is 258 g/mol. The fourth-order valence-electron chi connectivity index (χ4n) is 2.38. The fraction of sp³-hybridized carbons (Fsp3) is 0.400. The van der Waals surface area contributed by atoms with Gasteiger partial charge in [-0.15, -0.1) is 0 Å². The van der Waals surface area contributed by atoms with Crippen molar-refractivity contribution in [1.82, 2.24) is 15.1 Å². The molecule has 2 aromatic rings. The van der Waals surface area contributed by atoms with Crippen LogP contribution in [0.3, 0.4) is 0 Å². The van der Waals surface area contributed by atoms with E-state index in [9.17, 15) is 0 Å². The first kappa shape index (κ1) is 14.1. The number of nitrogens with zero attached hydrogens (tertiary/aromatic N) is 2. The van der Waals surface area contributed by atoms with Gasteiger partial charge in [-0.2, -0.15) is 5.10 Å². The molecule has 0 aliphatic heterocycles. The van der Waals surface area contributed by atoms with Gasteiger partial charge in [-0.3, -0.25) is 4.68 Å². The van der Waals surface area contributed by atoms with Crippen molar-refractivity contribution in [2.45, 2.75) is 32.9 Å². The summed E-state index contributed by atoms with van der Waals surface area (Å²) in [5.74, 6) is 0. The second kappa shape index (κ2) is 5.76. The molecule has 1 aromatic heterocycles. The largest absolute Gasteiger partial charge is 0.304 e. The average Bonchev–Trinajstić information content (AvgIpc) is 2.68. The Morgan fingerprint density at radius 2 is 2.00 bits per heavy atom. The molecule has 0 saturated heterocycles. The van der Waals surface area contributed by atoms with Crippen molar-refractivity contribution >= 4 is 11.6 Å². The lowest BCUT2D eigenvalue weighted by molar-refractivity contribution is 0.493. The predicted octanol–water partition coefficient (Wildman–Crippen LogP) is 3.79. The summed E-state index contributed by atoms with van der Waals surface area (Å²) in [6.07, 6.45) is 2.07. The molecule has 4 heteroatoms. The van der Waals surface area contributed by atoms with Crippen molar-refractivity contribution in [3.05, 3.63) is 52.3 Å². The van der Waals surface area contributed by atoms with Gasteiger partial charge in [0.25, 0.3) is 0 Å². The van der Waals surface area contributed by atoms with E-state index in [0.29, 0.717) is 0 Å². The van der Waals surface area contributed by atoms with Gasteiger partial charge in [0.15, 0.2) is 0 Å². The lowest BCUT2D eigenvalue weighted by Crippen LogP contribution is -2.22. The molecule has 19 heavy (non-hydrogen) atoms. The molecule has 2 rings (SSSR count). The van der Waals surface area contributed by atoms with Gasteiger partial charge >= 0.3 is 0 Å². The van der Waals surface area contributed by atoms with Gasteiger partial charge in [-0.25, -0.2) is 0 Å². The molecule has 0 aliphatic carbocycles. The van der Waals surface area contributed by atoms with Crippen LogP contribution in [-0.2, 0) is 7.05 Å². The summed E-state index contributed by atoms with van der Waals surface area (Å²) in [5, 5.41) is 8.74. The number of nitrogens with one attached hydrogen (secondary N) is 1. The van der Waals surface area contributed by atoms with E-state index < -0.39 is 0 Å². The number of halogens is 1. The van der Waals surface area contributed by atoms with Crippen molar-refractivity contribution in [2.75, 3.05) is 0 Å². The smallest absolute Gasteiger partial charge is 0.0641 e. The number of benzene rings is 1. The molecule has 0 saturated carbocycles. The maximum absolute atomic E-state index is 6.03. The summed E-state index contributed by atoms with van der Waals surface area (Å²) in [7, 11) is 1.95. The number of hydrogen-bond donors (Lipinski definition) is 1. The second-order valence-electron chi connectivity index (χ2n) is 5.01. The Labute approximate surface area is 119 Å². The fourth-order valence-corrected chi connectivity index (χ4v) is 2.58. The molecule has 1 heterocycles. The Kier molecular flexibility index (Phi) is 4.27. The molecule has 1 aromatic carbocycles. The maximum atomic E-state index is 6.03. The summed E-state index contributed by atoms with van der Waals surface area (Å²) >= 11 is 6.03. The van der Waals surface area contributed by atoms with Crippen LogP contribution >= 0.6 is 11.6 Å². The lowest BCUT2D eigenvalue weighted by atomic mass is 10.1. The van der Waals surface area contributed by atoms with Crippen molar-refractivity contribution < 1.29 is 0 Å². The van der Waals surface area contributed by atoms with Gasteiger partial charge in [0, 0.05) is 35.9 Å². The number of aromatic nitrogens is 2. The average molecular weight is 278 g/mol. The summed E-state index contributed by atoms with van der Waals surface area (Å²) in [5.41, 5.74) is 3.50. The number of aryl methyl sites for hydroxylation is 2. The van der Waals surface area contributed by atoms with Gasteiger partial charge in [0.2, 0.25) is 0 Å². The van der Waals surface area contributed by atoms with Crippen LogP contribution in [0.25, 0.3) is 0 Å². The minimum absolute atomic E-state index is 0.244. The molecule has 102 valence electrons. The Morgan fingerprint density at radius 3 is 2.58 bits per heavy atom. The second-order valence-corrected chi connectivity index (χ2v) is 5.45. The molecule has 0 aliphatic rings. The highest BCUT2D eigenvalue weighted by Crippen LogP contribution is 2.22. The van der Waals surface area contributed by atoms with Gasteiger partial charge in [-0.05, 0) is 38.5 Å². The van der Waals surface area contributed by atoms with Gasteiger partial charge in [-0.1, -0.05) is 23.7 Å². The van der Waals surface area contributed by atoms with Crippen molar-refractivity contribution in [1.29, 1.82) is 0 Å². The van der Waals surface area contributed by atoms with E-state index in [-0.39, 0.29) is 12.1 Å². The third-order valence-electron chi connectivity index (χ3n) is 3.37. The van der Waals surface area contributed by atoms with Crippen LogP contribution in [0.4, 0.5) is 0 Å². The van der Waals surface area contributed by atoms with E-state index in [4.69, 9.17) is 11.6 Å². The maximum Gasteiger partial charge on any atom is 0.0641 e. The minimum Gasteiger partial charge on any atom is -0.304 e. The quantitative estimate of drug-likeness (QED) is 0.921. The van der Waals surface area contributed by atoms with E-state index in [1.54, 1.807) is 0 Å². The highest BCUT2D eigenvalue weighted by atomic mass is 35.5. The standard InChI is InChI=1S/C15H20ClN3/c1-10(13-6-5-7-14(16)8-13)17-11(2)15-9-19(4)18-12(15)3/h5-11,17H,1-4H3/t10-,11?/m1/s1. The molecule has 0 radical (unpaired) electrons. The Bertz CT molecular complexity index is 562. The SMILES string of the molecule is Cc1nn(C)cc1C(C)N[C@H](C)c1cccc(Cl)c1. The topological polar surface area (TPSA) is 29.9 Å². The zero-order valence-corrected chi connectivity index (χ0v) is 12.6. The van der Waals surface area contributed by atoms with Crippen LogP contribution < -0.4 is 5.32 Å². The highest BCUT2D eigenvalue weighted by molar-refractivity contribution is 6.30. The van der Waals surface area contributed by atoms with E-state index in [1.807, 2.05) is 36.9 Å².